The summed E-state index contributed by atoms with van der Waals surface area (Å²) in [5.74, 6) is 1.42. The molecule has 2 aromatic carbocycles. The number of imidazole rings is 1. The summed E-state index contributed by atoms with van der Waals surface area (Å²) in [5, 5.41) is 4.68. The van der Waals surface area contributed by atoms with Gasteiger partial charge in [0.1, 0.15) is 23.2 Å². The van der Waals surface area contributed by atoms with E-state index in [0.717, 1.165) is 24.2 Å². The van der Waals surface area contributed by atoms with Crippen molar-refractivity contribution in [3.05, 3.63) is 93.4 Å². The number of carbonyl (C=O) groups is 1. The van der Waals surface area contributed by atoms with Crippen LogP contribution in [0.1, 0.15) is 54.2 Å². The number of hydrogen-bond acceptors (Lipinski definition) is 5. The molecule has 0 aliphatic carbocycles. The molecule has 0 bridgehead atoms. The normalized spacial score (nSPS) is 12.1. The molecular formula is C26H28N4O3. The van der Waals surface area contributed by atoms with E-state index in [1.54, 1.807) is 25.5 Å². The van der Waals surface area contributed by atoms with Crippen LogP contribution in [0.15, 0.2) is 59.4 Å². The van der Waals surface area contributed by atoms with Gasteiger partial charge >= 0.3 is 0 Å². The molecule has 0 radical (unpaired) electrons. The third-order valence-corrected chi connectivity index (χ3v) is 5.88. The molecule has 1 N–H and O–H groups in total. The molecule has 1 unspecified atom stereocenters. The molecule has 170 valence electrons. The topological polar surface area (TPSA) is 89.3 Å². The standard InChI is InChI=1S/C26H28N4O3/c1-17-24-26(32)28-23(16-20-12-14-21(33-3)15-13-20)29-30(24)25(27-17)22(18(2)31)11-7-10-19-8-5-4-6-9-19/h4-6,8-9,12-15,22H,7,10-11,16H2,1-3H3,(H,28,29,32). The summed E-state index contributed by atoms with van der Waals surface area (Å²) in [6.45, 7) is 3.36. The van der Waals surface area contributed by atoms with Crippen LogP contribution in [0, 0.1) is 6.92 Å². The zero-order chi connectivity index (χ0) is 23.4. The zero-order valence-corrected chi connectivity index (χ0v) is 19.2. The summed E-state index contributed by atoms with van der Waals surface area (Å²) >= 11 is 0. The Kier molecular flexibility index (Phi) is 6.68. The number of aryl methyl sites for hydroxylation is 2. The Bertz CT molecular complexity index is 1310. The lowest BCUT2D eigenvalue weighted by Gasteiger charge is -2.13. The van der Waals surface area contributed by atoms with E-state index in [-0.39, 0.29) is 11.3 Å². The van der Waals surface area contributed by atoms with Gasteiger partial charge in [0.2, 0.25) is 0 Å². The van der Waals surface area contributed by atoms with Crippen molar-refractivity contribution >= 4 is 11.3 Å². The van der Waals surface area contributed by atoms with Crippen molar-refractivity contribution in [2.75, 3.05) is 7.11 Å². The first-order valence-electron chi connectivity index (χ1n) is 11.1. The Labute approximate surface area is 192 Å². The van der Waals surface area contributed by atoms with E-state index in [4.69, 9.17) is 4.74 Å². The Balaban J connectivity index is 1.63. The SMILES string of the molecule is COc1ccc(Cc2nn3c(C(CCCc4ccccc4)C(C)=O)nc(C)c3c(=O)[nH]2)cc1. The number of rotatable bonds is 9. The van der Waals surface area contributed by atoms with Gasteiger partial charge in [-0.3, -0.25) is 9.59 Å². The highest BCUT2D eigenvalue weighted by Crippen LogP contribution is 2.24. The highest BCUT2D eigenvalue weighted by atomic mass is 16.5. The predicted molar refractivity (Wildman–Crippen MR) is 127 cm³/mol. The number of fused-ring (bicyclic) bond motifs is 1. The van der Waals surface area contributed by atoms with E-state index in [9.17, 15) is 9.59 Å². The van der Waals surface area contributed by atoms with Crippen LogP contribution in [0.2, 0.25) is 0 Å². The Morgan fingerprint density at radius 1 is 1.09 bits per heavy atom. The summed E-state index contributed by atoms with van der Waals surface area (Å²) in [4.78, 5) is 32.9. The number of nitrogens with one attached hydrogen (secondary N) is 1. The van der Waals surface area contributed by atoms with Crippen molar-refractivity contribution in [3.8, 4) is 5.75 Å². The van der Waals surface area contributed by atoms with Gasteiger partial charge in [-0.25, -0.2) is 9.50 Å². The van der Waals surface area contributed by atoms with Gasteiger partial charge in [0.25, 0.3) is 5.56 Å². The fourth-order valence-corrected chi connectivity index (χ4v) is 4.15. The van der Waals surface area contributed by atoms with Crippen LogP contribution >= 0.6 is 0 Å². The molecule has 0 amide bonds. The van der Waals surface area contributed by atoms with Crippen molar-refractivity contribution < 1.29 is 9.53 Å². The second-order valence-electron chi connectivity index (χ2n) is 8.28. The second-order valence-corrected chi connectivity index (χ2v) is 8.28. The maximum Gasteiger partial charge on any atom is 0.277 e. The average molecular weight is 445 g/mol. The molecule has 0 saturated carbocycles. The van der Waals surface area contributed by atoms with E-state index in [1.165, 1.54) is 5.56 Å². The van der Waals surface area contributed by atoms with E-state index in [1.807, 2.05) is 42.5 Å². The molecule has 7 heteroatoms. The molecule has 0 fully saturated rings. The Morgan fingerprint density at radius 2 is 1.82 bits per heavy atom. The van der Waals surface area contributed by atoms with Crippen molar-refractivity contribution in [1.29, 1.82) is 0 Å². The first-order chi connectivity index (χ1) is 16.0. The number of H-pyrrole nitrogens is 1. The lowest BCUT2D eigenvalue weighted by molar-refractivity contribution is -0.118. The van der Waals surface area contributed by atoms with Crippen LogP contribution in [-0.2, 0) is 17.6 Å². The van der Waals surface area contributed by atoms with E-state index in [2.05, 4.69) is 27.2 Å². The first-order valence-corrected chi connectivity index (χ1v) is 11.1. The first kappa shape index (κ1) is 22.5. The van der Waals surface area contributed by atoms with E-state index in [0.29, 0.717) is 35.7 Å². The molecule has 1 atom stereocenters. The molecule has 33 heavy (non-hydrogen) atoms. The van der Waals surface area contributed by atoms with Crippen LogP contribution in [0.4, 0.5) is 0 Å². The summed E-state index contributed by atoms with van der Waals surface area (Å²) in [6, 6.07) is 17.8. The number of Topliss-reactive ketones (excluding diaryl/α,β-unsaturated/α-hetero) is 1. The molecule has 0 aliphatic heterocycles. The quantitative estimate of drug-likeness (QED) is 0.421. The molecule has 7 nitrogen and oxygen atoms in total. The average Bonchev–Trinajstić information content (AvgIpc) is 3.14. The maximum absolute atomic E-state index is 12.9. The van der Waals surface area contributed by atoms with Gasteiger partial charge in [0, 0.05) is 6.42 Å². The smallest absolute Gasteiger partial charge is 0.277 e. The number of aromatic nitrogens is 4. The molecule has 0 saturated heterocycles. The van der Waals surface area contributed by atoms with Crippen LogP contribution < -0.4 is 10.3 Å². The summed E-state index contributed by atoms with van der Waals surface area (Å²) in [6.07, 6.45) is 2.81. The Hall–Kier alpha value is -3.74. The van der Waals surface area contributed by atoms with Crippen LogP contribution in [0.5, 0.6) is 5.75 Å². The summed E-state index contributed by atoms with van der Waals surface area (Å²) < 4.78 is 6.78. The van der Waals surface area contributed by atoms with Gasteiger partial charge in [0.05, 0.1) is 18.7 Å². The van der Waals surface area contributed by atoms with Crippen molar-refractivity contribution in [1.82, 2.24) is 19.6 Å². The van der Waals surface area contributed by atoms with Gasteiger partial charge in [-0.2, -0.15) is 5.10 Å². The number of ether oxygens (including phenoxy) is 1. The van der Waals surface area contributed by atoms with Crippen molar-refractivity contribution in [2.24, 2.45) is 0 Å². The number of benzene rings is 2. The number of carbonyl (C=O) groups excluding carboxylic acids is 1. The molecule has 0 spiro atoms. The number of nitrogens with zero attached hydrogens (tertiary/aromatic N) is 3. The van der Waals surface area contributed by atoms with Crippen molar-refractivity contribution in [2.45, 2.75) is 45.4 Å². The molecule has 4 rings (SSSR count). The van der Waals surface area contributed by atoms with Crippen LogP contribution in [0.3, 0.4) is 0 Å². The number of ketones is 1. The maximum atomic E-state index is 12.9. The van der Waals surface area contributed by atoms with Gasteiger partial charge in [0.15, 0.2) is 5.52 Å². The molecule has 2 aromatic heterocycles. The summed E-state index contributed by atoms with van der Waals surface area (Å²) in [7, 11) is 1.62. The largest absolute Gasteiger partial charge is 0.497 e. The van der Waals surface area contributed by atoms with Gasteiger partial charge in [-0.15, -0.1) is 0 Å². The second kappa shape index (κ2) is 9.81. The molecule has 2 heterocycles. The van der Waals surface area contributed by atoms with Gasteiger partial charge < -0.3 is 9.72 Å². The minimum Gasteiger partial charge on any atom is -0.497 e. The third-order valence-electron chi connectivity index (χ3n) is 5.88. The minimum absolute atomic E-state index is 0.0220. The van der Waals surface area contributed by atoms with Crippen molar-refractivity contribution in [3.63, 3.8) is 0 Å². The minimum atomic E-state index is -0.418. The van der Waals surface area contributed by atoms with E-state index >= 15 is 0 Å². The molecule has 0 aliphatic rings. The van der Waals surface area contributed by atoms with Crippen LogP contribution in [-0.4, -0.2) is 32.5 Å². The summed E-state index contributed by atoms with van der Waals surface area (Å²) in [5.41, 5.74) is 2.93. The lowest BCUT2D eigenvalue weighted by atomic mass is 9.95. The fraction of sp³-hybridized carbons (Fsp3) is 0.308. The van der Waals surface area contributed by atoms with Gasteiger partial charge in [-0.05, 0) is 56.4 Å². The highest BCUT2D eigenvalue weighted by Gasteiger charge is 2.25. The highest BCUT2D eigenvalue weighted by molar-refractivity contribution is 5.82. The van der Waals surface area contributed by atoms with Crippen LogP contribution in [0.25, 0.3) is 5.52 Å². The molecular weight excluding hydrogens is 416 g/mol. The fourth-order valence-electron chi connectivity index (χ4n) is 4.15. The zero-order valence-electron chi connectivity index (χ0n) is 19.2. The number of hydrogen-bond donors (Lipinski definition) is 1. The lowest BCUT2D eigenvalue weighted by Crippen LogP contribution is -2.20. The predicted octanol–water partition coefficient (Wildman–Crippen LogP) is 4.02. The number of aromatic amines is 1. The number of methoxy groups -OCH3 is 1. The monoisotopic (exact) mass is 444 g/mol. The molecule has 4 aromatic rings. The van der Waals surface area contributed by atoms with Gasteiger partial charge in [-0.1, -0.05) is 42.5 Å². The Morgan fingerprint density at radius 3 is 2.48 bits per heavy atom. The van der Waals surface area contributed by atoms with E-state index < -0.39 is 5.92 Å². The third kappa shape index (κ3) is 5.03.